The summed E-state index contributed by atoms with van der Waals surface area (Å²) in [5.41, 5.74) is 0.429. The Kier molecular flexibility index (Phi) is 6.76. The van der Waals surface area contributed by atoms with Gasteiger partial charge in [-0.1, -0.05) is 12.1 Å². The van der Waals surface area contributed by atoms with E-state index in [1.807, 2.05) is 13.0 Å². The monoisotopic (exact) mass is 389 g/mol. The number of sulfonamides is 1. The van der Waals surface area contributed by atoms with Crippen molar-refractivity contribution in [1.29, 1.82) is 5.26 Å². The fraction of sp³-hybridized carbons (Fsp3) is 0.222. The Bertz CT molecular complexity index is 967. The summed E-state index contributed by atoms with van der Waals surface area (Å²) < 4.78 is 37.4. The minimum Gasteiger partial charge on any atom is -0.493 e. The highest BCUT2D eigenvalue weighted by Crippen LogP contribution is 2.30. The Hall–Kier alpha value is -3.09. The van der Waals surface area contributed by atoms with E-state index in [9.17, 15) is 13.2 Å². The number of methoxy groups -OCH3 is 1. The first-order chi connectivity index (χ1) is 12.9. The number of hydrogen-bond donors (Lipinski definition) is 2. The van der Waals surface area contributed by atoms with Crippen LogP contribution in [0.15, 0.2) is 47.4 Å². The number of carbonyl (C=O) groups excluding carboxylic acids is 1. The standard InChI is InChI=1S/C18H19N3O5S/c1-3-26-15-9-8-14(10-16(15)25-2)21-18(22)12-20-27(23,24)17-7-5-4-6-13(17)11-19/h4-10,20H,3,12H2,1-2H3,(H,21,22). The van der Waals surface area contributed by atoms with Gasteiger partial charge in [0.1, 0.15) is 6.07 Å². The highest BCUT2D eigenvalue weighted by Gasteiger charge is 2.19. The second kappa shape index (κ2) is 9.02. The highest BCUT2D eigenvalue weighted by molar-refractivity contribution is 7.89. The van der Waals surface area contributed by atoms with Crippen molar-refractivity contribution in [3.05, 3.63) is 48.0 Å². The summed E-state index contributed by atoms with van der Waals surface area (Å²) in [7, 11) is -2.52. The van der Waals surface area contributed by atoms with Crippen molar-refractivity contribution in [3.8, 4) is 17.6 Å². The summed E-state index contributed by atoms with van der Waals surface area (Å²) in [5.74, 6) is 0.407. The number of nitrogens with one attached hydrogen (secondary N) is 2. The van der Waals surface area contributed by atoms with Gasteiger partial charge in [-0.3, -0.25) is 4.79 Å². The first-order valence-corrected chi connectivity index (χ1v) is 9.49. The second-order valence-electron chi connectivity index (χ2n) is 5.28. The van der Waals surface area contributed by atoms with Crippen LogP contribution in [-0.4, -0.2) is 34.6 Å². The zero-order valence-electron chi connectivity index (χ0n) is 14.9. The van der Waals surface area contributed by atoms with Crippen molar-refractivity contribution in [2.75, 3.05) is 25.6 Å². The third-order valence-corrected chi connectivity index (χ3v) is 4.93. The number of ether oxygens (including phenoxy) is 2. The second-order valence-corrected chi connectivity index (χ2v) is 7.01. The Morgan fingerprint density at radius 3 is 2.59 bits per heavy atom. The molecule has 8 nitrogen and oxygen atoms in total. The molecule has 0 saturated carbocycles. The minimum atomic E-state index is -4.00. The van der Waals surface area contributed by atoms with Crippen molar-refractivity contribution in [2.45, 2.75) is 11.8 Å². The lowest BCUT2D eigenvalue weighted by atomic mass is 10.2. The molecule has 0 radical (unpaired) electrons. The molecule has 0 saturated heterocycles. The Labute approximate surface area is 157 Å². The van der Waals surface area contributed by atoms with Gasteiger partial charge in [0.2, 0.25) is 15.9 Å². The van der Waals surface area contributed by atoms with E-state index in [1.54, 1.807) is 24.3 Å². The zero-order chi connectivity index (χ0) is 19.9. The number of rotatable bonds is 8. The van der Waals surface area contributed by atoms with Crippen LogP contribution < -0.4 is 19.5 Å². The van der Waals surface area contributed by atoms with Crippen LogP contribution in [0.1, 0.15) is 12.5 Å². The quantitative estimate of drug-likeness (QED) is 0.712. The van der Waals surface area contributed by atoms with Gasteiger partial charge in [-0.25, -0.2) is 13.1 Å². The predicted octanol–water partition coefficient (Wildman–Crippen LogP) is 1.88. The highest BCUT2D eigenvalue weighted by atomic mass is 32.2. The third-order valence-electron chi connectivity index (χ3n) is 3.47. The Balaban J connectivity index is 2.05. The fourth-order valence-corrected chi connectivity index (χ4v) is 3.39. The van der Waals surface area contributed by atoms with E-state index in [-0.39, 0.29) is 10.5 Å². The van der Waals surface area contributed by atoms with Crippen molar-refractivity contribution in [2.24, 2.45) is 0 Å². The molecule has 0 aliphatic heterocycles. The average Bonchev–Trinajstić information content (AvgIpc) is 2.67. The van der Waals surface area contributed by atoms with Gasteiger partial charge in [0.15, 0.2) is 11.5 Å². The van der Waals surface area contributed by atoms with E-state index in [2.05, 4.69) is 10.0 Å². The van der Waals surface area contributed by atoms with Crippen LogP contribution in [0.25, 0.3) is 0 Å². The molecule has 142 valence electrons. The van der Waals surface area contributed by atoms with Crippen molar-refractivity contribution < 1.29 is 22.7 Å². The van der Waals surface area contributed by atoms with Gasteiger partial charge in [-0.2, -0.15) is 5.26 Å². The lowest BCUT2D eigenvalue weighted by Crippen LogP contribution is -2.33. The van der Waals surface area contributed by atoms with Crippen LogP contribution in [0.5, 0.6) is 11.5 Å². The van der Waals surface area contributed by atoms with Gasteiger partial charge in [-0.15, -0.1) is 0 Å². The molecule has 27 heavy (non-hydrogen) atoms. The van der Waals surface area contributed by atoms with Crippen molar-refractivity contribution >= 4 is 21.6 Å². The number of anilines is 1. The van der Waals surface area contributed by atoms with Gasteiger partial charge in [0, 0.05) is 11.8 Å². The van der Waals surface area contributed by atoms with Crippen LogP contribution in [-0.2, 0) is 14.8 Å². The molecule has 0 aliphatic carbocycles. The maximum atomic E-state index is 12.3. The molecule has 0 heterocycles. The molecule has 0 unspecified atom stereocenters. The van der Waals surface area contributed by atoms with Crippen LogP contribution in [0.3, 0.4) is 0 Å². The summed E-state index contributed by atoms with van der Waals surface area (Å²) in [4.78, 5) is 11.9. The molecule has 0 spiro atoms. The molecule has 2 aromatic rings. The molecule has 0 aliphatic rings. The molecule has 1 amide bonds. The average molecular weight is 389 g/mol. The summed E-state index contributed by atoms with van der Waals surface area (Å²) in [6.07, 6.45) is 0. The third kappa shape index (κ3) is 5.20. The van der Waals surface area contributed by atoms with Crippen molar-refractivity contribution in [1.82, 2.24) is 4.72 Å². The summed E-state index contributed by atoms with van der Waals surface area (Å²) in [5, 5.41) is 11.6. The molecule has 0 fully saturated rings. The van der Waals surface area contributed by atoms with Gasteiger partial charge in [0.25, 0.3) is 0 Å². The number of benzene rings is 2. The van der Waals surface area contributed by atoms with Crippen LogP contribution >= 0.6 is 0 Å². The molecule has 9 heteroatoms. The summed E-state index contributed by atoms with van der Waals surface area (Å²) in [6.45, 7) is 1.82. The first kappa shape index (κ1) is 20.2. The first-order valence-electron chi connectivity index (χ1n) is 8.00. The lowest BCUT2D eigenvalue weighted by molar-refractivity contribution is -0.115. The molecule has 2 aromatic carbocycles. The maximum absolute atomic E-state index is 12.3. The predicted molar refractivity (Wildman–Crippen MR) is 99.1 cm³/mol. The van der Waals surface area contributed by atoms with E-state index in [0.717, 1.165) is 0 Å². The number of nitrogens with zero attached hydrogens (tertiary/aromatic N) is 1. The molecule has 2 N–H and O–H groups in total. The van der Waals surface area contributed by atoms with Crippen LogP contribution in [0.2, 0.25) is 0 Å². The molecule has 2 rings (SSSR count). The normalized spacial score (nSPS) is 10.7. The van der Waals surface area contributed by atoms with Crippen molar-refractivity contribution in [3.63, 3.8) is 0 Å². The maximum Gasteiger partial charge on any atom is 0.242 e. The topological polar surface area (TPSA) is 118 Å². The molecule has 0 bridgehead atoms. The lowest BCUT2D eigenvalue weighted by Gasteiger charge is -2.12. The number of carbonyl (C=O) groups is 1. The van der Waals surface area contributed by atoms with Gasteiger partial charge >= 0.3 is 0 Å². The molecular weight excluding hydrogens is 370 g/mol. The SMILES string of the molecule is CCOc1ccc(NC(=O)CNS(=O)(=O)c2ccccc2C#N)cc1OC. The fourth-order valence-electron chi connectivity index (χ4n) is 2.26. The van der Waals surface area contributed by atoms with E-state index in [1.165, 1.54) is 25.3 Å². The van der Waals surface area contributed by atoms with E-state index in [0.29, 0.717) is 23.8 Å². The number of amides is 1. The smallest absolute Gasteiger partial charge is 0.242 e. The van der Waals surface area contributed by atoms with Gasteiger partial charge < -0.3 is 14.8 Å². The van der Waals surface area contributed by atoms with E-state index < -0.39 is 22.5 Å². The summed E-state index contributed by atoms with van der Waals surface area (Å²) >= 11 is 0. The zero-order valence-corrected chi connectivity index (χ0v) is 15.7. The van der Waals surface area contributed by atoms with Crippen LogP contribution in [0, 0.1) is 11.3 Å². The minimum absolute atomic E-state index is 0.00153. The molecule has 0 atom stereocenters. The van der Waals surface area contributed by atoms with Crippen LogP contribution in [0.4, 0.5) is 5.69 Å². The Morgan fingerprint density at radius 2 is 1.93 bits per heavy atom. The molecular formula is C18H19N3O5S. The largest absolute Gasteiger partial charge is 0.493 e. The Morgan fingerprint density at radius 1 is 1.19 bits per heavy atom. The van der Waals surface area contributed by atoms with Gasteiger partial charge in [0.05, 0.1) is 30.7 Å². The van der Waals surface area contributed by atoms with E-state index in [4.69, 9.17) is 14.7 Å². The van der Waals surface area contributed by atoms with Gasteiger partial charge in [-0.05, 0) is 31.2 Å². The van der Waals surface area contributed by atoms with E-state index >= 15 is 0 Å². The summed E-state index contributed by atoms with van der Waals surface area (Å²) in [6, 6.07) is 12.4. The number of nitriles is 1. The molecule has 0 aromatic heterocycles. The number of hydrogen-bond acceptors (Lipinski definition) is 6.